The van der Waals surface area contributed by atoms with Crippen molar-refractivity contribution >= 4 is 23.9 Å². The molecule has 0 aliphatic carbocycles. The van der Waals surface area contributed by atoms with Crippen LogP contribution in [0.25, 0.3) is 0 Å². The Morgan fingerprint density at radius 2 is 1.27 bits per heavy atom. The number of aliphatic carboxylic acids is 1. The van der Waals surface area contributed by atoms with Gasteiger partial charge in [-0.2, -0.15) is 0 Å². The molecule has 0 saturated carbocycles. The van der Waals surface area contributed by atoms with Crippen LogP contribution in [0.1, 0.15) is 34.1 Å². The number of carbonyl (C=O) groups is 4. The van der Waals surface area contributed by atoms with Crippen LogP contribution < -0.4 is 0 Å². The molecule has 126 valence electrons. The van der Waals surface area contributed by atoms with Gasteiger partial charge in [-0.3, -0.25) is 19.2 Å². The van der Waals surface area contributed by atoms with E-state index in [0.29, 0.717) is 0 Å². The molecule has 1 rings (SSSR count). The number of ether oxygens (including phenoxy) is 4. The predicted octanol–water partition coefficient (Wildman–Crippen LogP) is 0.250. The standard InChI is InChI=1S/C11H16O7.C2H4O2/c1-6(12)16-9-4-11(18-8(3)14)15-5-10(9)17-7(2)13;1-2(3)4/h9-11H,4-5H2,1-3H3;1H3,(H,3,4)/t9-,10+,11?;/m1./s1. The molecule has 1 N–H and O–H groups in total. The van der Waals surface area contributed by atoms with Gasteiger partial charge in [0.15, 0.2) is 6.10 Å². The molecule has 1 aliphatic rings. The van der Waals surface area contributed by atoms with Crippen molar-refractivity contribution < 1.29 is 43.2 Å². The van der Waals surface area contributed by atoms with E-state index in [2.05, 4.69) is 0 Å². The molecule has 0 aromatic heterocycles. The minimum Gasteiger partial charge on any atom is -0.481 e. The molecule has 0 bridgehead atoms. The van der Waals surface area contributed by atoms with Crippen LogP contribution in [0.4, 0.5) is 0 Å². The van der Waals surface area contributed by atoms with Crippen LogP contribution in [-0.2, 0) is 38.1 Å². The fourth-order valence-electron chi connectivity index (χ4n) is 1.65. The van der Waals surface area contributed by atoms with E-state index < -0.39 is 42.4 Å². The first-order chi connectivity index (χ1) is 10.1. The van der Waals surface area contributed by atoms with Gasteiger partial charge < -0.3 is 24.1 Å². The van der Waals surface area contributed by atoms with E-state index in [1.54, 1.807) is 0 Å². The second-order valence-corrected chi connectivity index (χ2v) is 4.42. The van der Waals surface area contributed by atoms with Gasteiger partial charge in [-0.05, 0) is 0 Å². The van der Waals surface area contributed by atoms with Crippen molar-refractivity contribution in [2.45, 2.75) is 52.6 Å². The smallest absolute Gasteiger partial charge is 0.304 e. The highest BCUT2D eigenvalue weighted by molar-refractivity contribution is 5.67. The van der Waals surface area contributed by atoms with Gasteiger partial charge in [0.2, 0.25) is 6.29 Å². The summed E-state index contributed by atoms with van der Waals surface area (Å²) in [5.74, 6) is -2.32. The molecule has 9 heteroatoms. The van der Waals surface area contributed by atoms with E-state index in [9.17, 15) is 14.4 Å². The highest BCUT2D eigenvalue weighted by Crippen LogP contribution is 2.21. The lowest BCUT2D eigenvalue weighted by Gasteiger charge is -2.34. The monoisotopic (exact) mass is 320 g/mol. The summed E-state index contributed by atoms with van der Waals surface area (Å²) in [6.45, 7) is 4.85. The molecule has 3 atom stereocenters. The Kier molecular flexibility index (Phi) is 8.76. The fraction of sp³-hybridized carbons (Fsp3) is 0.692. The lowest BCUT2D eigenvalue weighted by molar-refractivity contribution is -0.228. The maximum atomic E-state index is 11.0. The summed E-state index contributed by atoms with van der Waals surface area (Å²) in [5, 5.41) is 7.42. The molecule has 1 saturated heterocycles. The Morgan fingerprint density at radius 1 is 0.864 bits per heavy atom. The molecule has 0 spiro atoms. The molecule has 1 fully saturated rings. The maximum Gasteiger partial charge on any atom is 0.304 e. The van der Waals surface area contributed by atoms with Crippen molar-refractivity contribution in [1.29, 1.82) is 0 Å². The first kappa shape index (κ1) is 19.8. The van der Waals surface area contributed by atoms with Crippen LogP contribution in [-0.4, -0.2) is 54.1 Å². The minimum atomic E-state index is -0.833. The molecular weight excluding hydrogens is 300 g/mol. The summed E-state index contributed by atoms with van der Waals surface area (Å²) in [7, 11) is 0. The van der Waals surface area contributed by atoms with Crippen LogP contribution in [0.3, 0.4) is 0 Å². The van der Waals surface area contributed by atoms with E-state index in [1.807, 2.05) is 0 Å². The molecule has 22 heavy (non-hydrogen) atoms. The summed E-state index contributed by atoms with van der Waals surface area (Å²) in [6.07, 6.45) is -2.02. The van der Waals surface area contributed by atoms with Crippen molar-refractivity contribution in [2.75, 3.05) is 6.61 Å². The molecule has 0 amide bonds. The quantitative estimate of drug-likeness (QED) is 0.575. The van der Waals surface area contributed by atoms with Gasteiger partial charge in [-0.15, -0.1) is 0 Å². The number of hydrogen-bond donors (Lipinski definition) is 1. The number of esters is 3. The van der Waals surface area contributed by atoms with Gasteiger partial charge in [0.05, 0.1) is 13.0 Å². The van der Waals surface area contributed by atoms with E-state index in [1.165, 1.54) is 20.8 Å². The Balaban J connectivity index is 0.000000980. The van der Waals surface area contributed by atoms with Crippen molar-refractivity contribution in [3.05, 3.63) is 0 Å². The average molecular weight is 320 g/mol. The fourth-order valence-corrected chi connectivity index (χ4v) is 1.65. The highest BCUT2D eigenvalue weighted by Gasteiger charge is 2.37. The van der Waals surface area contributed by atoms with E-state index >= 15 is 0 Å². The Bertz CT molecular complexity index is 414. The van der Waals surface area contributed by atoms with Crippen LogP contribution in [0, 0.1) is 0 Å². The number of carbonyl (C=O) groups excluding carboxylic acids is 3. The number of carboxylic acid groups (broad SMARTS) is 1. The zero-order valence-corrected chi connectivity index (χ0v) is 12.9. The van der Waals surface area contributed by atoms with Crippen molar-refractivity contribution in [1.82, 2.24) is 0 Å². The topological polar surface area (TPSA) is 125 Å². The van der Waals surface area contributed by atoms with Gasteiger partial charge in [0.1, 0.15) is 6.10 Å². The van der Waals surface area contributed by atoms with Crippen molar-refractivity contribution in [2.24, 2.45) is 0 Å². The summed E-state index contributed by atoms with van der Waals surface area (Å²) >= 11 is 0. The number of hydrogen-bond acceptors (Lipinski definition) is 8. The van der Waals surface area contributed by atoms with E-state index in [-0.39, 0.29) is 13.0 Å². The molecule has 1 heterocycles. The summed E-state index contributed by atoms with van der Waals surface area (Å²) in [6, 6.07) is 0. The normalized spacial score (nSPS) is 23.4. The van der Waals surface area contributed by atoms with Crippen molar-refractivity contribution in [3.8, 4) is 0 Å². The Hall–Kier alpha value is -2.16. The second kappa shape index (κ2) is 9.72. The van der Waals surface area contributed by atoms with Crippen LogP contribution in [0.5, 0.6) is 0 Å². The largest absolute Gasteiger partial charge is 0.481 e. The third-order valence-electron chi connectivity index (χ3n) is 2.22. The highest BCUT2D eigenvalue weighted by atomic mass is 16.7. The zero-order chi connectivity index (χ0) is 17.3. The average Bonchev–Trinajstić information content (AvgIpc) is 2.29. The maximum absolute atomic E-state index is 11.0. The van der Waals surface area contributed by atoms with Gasteiger partial charge in [0, 0.05) is 27.7 Å². The first-order valence-electron chi connectivity index (χ1n) is 6.44. The summed E-state index contributed by atoms with van der Waals surface area (Å²) in [4.78, 5) is 41.7. The van der Waals surface area contributed by atoms with Gasteiger partial charge in [0.25, 0.3) is 5.97 Å². The SMILES string of the molecule is CC(=O)O.CC(=O)OC1C[C@@H](OC(C)=O)[C@@H](OC(C)=O)CO1. The molecule has 9 nitrogen and oxygen atoms in total. The minimum absolute atomic E-state index is 0.00940. The molecule has 1 unspecified atom stereocenters. The van der Waals surface area contributed by atoms with Gasteiger partial charge >= 0.3 is 17.9 Å². The van der Waals surface area contributed by atoms with Crippen LogP contribution >= 0.6 is 0 Å². The lowest BCUT2D eigenvalue weighted by atomic mass is 10.1. The molecule has 1 aliphatic heterocycles. The summed E-state index contributed by atoms with van der Waals surface area (Å²) < 4.78 is 20.1. The Labute approximate surface area is 127 Å². The second-order valence-electron chi connectivity index (χ2n) is 4.42. The lowest BCUT2D eigenvalue weighted by Crippen LogP contribution is -2.46. The molecule has 0 aromatic carbocycles. The van der Waals surface area contributed by atoms with E-state index in [0.717, 1.165) is 6.92 Å². The van der Waals surface area contributed by atoms with Crippen LogP contribution in [0.15, 0.2) is 0 Å². The summed E-state index contributed by atoms with van der Waals surface area (Å²) in [5.41, 5.74) is 0. The predicted molar refractivity (Wildman–Crippen MR) is 70.5 cm³/mol. The van der Waals surface area contributed by atoms with Crippen LogP contribution in [0.2, 0.25) is 0 Å². The Morgan fingerprint density at radius 3 is 1.68 bits per heavy atom. The molecule has 0 aromatic rings. The van der Waals surface area contributed by atoms with Gasteiger partial charge in [-0.25, -0.2) is 0 Å². The third-order valence-corrected chi connectivity index (χ3v) is 2.22. The number of rotatable bonds is 3. The first-order valence-corrected chi connectivity index (χ1v) is 6.44. The third kappa shape index (κ3) is 9.70. The van der Waals surface area contributed by atoms with E-state index in [4.69, 9.17) is 28.8 Å². The molecule has 0 radical (unpaired) electrons. The molecular formula is C13H20O9. The van der Waals surface area contributed by atoms with Gasteiger partial charge in [-0.1, -0.05) is 0 Å². The van der Waals surface area contributed by atoms with Crippen molar-refractivity contribution in [3.63, 3.8) is 0 Å². The number of carboxylic acids is 1. The zero-order valence-electron chi connectivity index (χ0n) is 12.9.